The molecule has 0 aromatic rings. The highest BCUT2D eigenvalue weighted by atomic mass is 32.2. The highest BCUT2D eigenvalue weighted by Gasteiger charge is 2.36. The van der Waals surface area contributed by atoms with Crippen LogP contribution in [0, 0.1) is 0 Å². The molecule has 1 aliphatic rings. The van der Waals surface area contributed by atoms with Gasteiger partial charge in [-0.1, -0.05) is 6.42 Å². The highest BCUT2D eigenvalue weighted by Crippen LogP contribution is 2.42. The Hall–Kier alpha value is -0.710. The molecule has 0 spiro atoms. The second kappa shape index (κ2) is 5.39. The van der Waals surface area contributed by atoms with Crippen molar-refractivity contribution in [2.75, 3.05) is 19.4 Å². The lowest BCUT2D eigenvalue weighted by Gasteiger charge is -2.40. The van der Waals surface area contributed by atoms with Gasteiger partial charge in [0.05, 0.1) is 6.61 Å². The Bertz CT molecular complexity index is 246. The van der Waals surface area contributed by atoms with E-state index in [-0.39, 0.29) is 11.4 Å². The molecule has 0 unspecified atom stereocenters. The minimum Gasteiger partial charge on any atom is -0.459 e. The van der Waals surface area contributed by atoms with E-state index in [1.54, 1.807) is 18.7 Å². The van der Waals surface area contributed by atoms with Crippen LogP contribution in [0.4, 0.5) is 0 Å². The number of rotatable bonds is 4. The molecule has 0 aliphatic heterocycles. The number of carbonyl (C=O) groups excluding carboxylic acids is 2. The van der Waals surface area contributed by atoms with Crippen LogP contribution >= 0.6 is 11.8 Å². The molecule has 1 amide bonds. The molecule has 0 saturated heterocycles. The molecule has 0 atom stereocenters. The average Bonchev–Trinajstić information content (AvgIpc) is 2.17. The first-order valence-electron chi connectivity index (χ1n) is 5.13. The molecule has 0 bridgehead atoms. The van der Waals surface area contributed by atoms with Gasteiger partial charge >= 0.3 is 11.9 Å². The predicted octanol–water partition coefficient (Wildman–Crippen LogP) is 0.951. The van der Waals surface area contributed by atoms with Gasteiger partial charge in [0.15, 0.2) is 0 Å². The summed E-state index contributed by atoms with van der Waals surface area (Å²) >= 11 is 1.76. The summed E-state index contributed by atoms with van der Waals surface area (Å²) in [7, 11) is 0. The summed E-state index contributed by atoms with van der Waals surface area (Å²) in [5.74, 6) is -1.41. The second-order valence-electron chi connectivity index (χ2n) is 3.64. The molecular formula is C10H17NO3S. The normalized spacial score (nSPS) is 17.7. The van der Waals surface area contributed by atoms with Gasteiger partial charge in [-0.2, -0.15) is 11.8 Å². The zero-order chi connectivity index (χ0) is 11.3. The molecule has 0 heterocycles. The van der Waals surface area contributed by atoms with E-state index in [9.17, 15) is 9.59 Å². The summed E-state index contributed by atoms with van der Waals surface area (Å²) in [4.78, 5) is 22.3. The van der Waals surface area contributed by atoms with Crippen LogP contribution in [0.1, 0.15) is 26.2 Å². The minimum atomic E-state index is -0.784. The third-order valence-electron chi connectivity index (χ3n) is 2.73. The zero-order valence-corrected chi connectivity index (χ0v) is 9.99. The zero-order valence-electron chi connectivity index (χ0n) is 9.17. The largest absolute Gasteiger partial charge is 0.459 e. The van der Waals surface area contributed by atoms with Crippen LogP contribution in [0.2, 0.25) is 0 Å². The number of hydrogen-bond donors (Lipinski definition) is 1. The van der Waals surface area contributed by atoms with Gasteiger partial charge in [-0.05, 0) is 26.0 Å². The third kappa shape index (κ3) is 3.12. The number of hydrogen-bond acceptors (Lipinski definition) is 4. The smallest absolute Gasteiger partial charge is 0.396 e. The van der Waals surface area contributed by atoms with Gasteiger partial charge < -0.3 is 10.1 Å². The van der Waals surface area contributed by atoms with Gasteiger partial charge in [-0.15, -0.1) is 0 Å². The Kier molecular flexibility index (Phi) is 4.45. The van der Waals surface area contributed by atoms with Crippen LogP contribution < -0.4 is 5.32 Å². The number of carbonyl (C=O) groups is 2. The van der Waals surface area contributed by atoms with Crippen molar-refractivity contribution in [3.8, 4) is 0 Å². The van der Waals surface area contributed by atoms with E-state index in [1.807, 2.05) is 6.26 Å². The van der Waals surface area contributed by atoms with Crippen LogP contribution in [0.3, 0.4) is 0 Å². The number of nitrogens with one attached hydrogen (secondary N) is 1. The van der Waals surface area contributed by atoms with Crippen LogP contribution in [0.15, 0.2) is 0 Å². The van der Waals surface area contributed by atoms with E-state index < -0.39 is 11.9 Å². The number of amides is 1. The van der Waals surface area contributed by atoms with Gasteiger partial charge in [0.1, 0.15) is 0 Å². The van der Waals surface area contributed by atoms with Crippen molar-refractivity contribution in [3.63, 3.8) is 0 Å². The Morgan fingerprint density at radius 3 is 2.53 bits per heavy atom. The summed E-state index contributed by atoms with van der Waals surface area (Å²) in [5, 5.41) is 2.63. The quantitative estimate of drug-likeness (QED) is 0.578. The Morgan fingerprint density at radius 1 is 1.47 bits per heavy atom. The van der Waals surface area contributed by atoms with Crippen molar-refractivity contribution in [2.24, 2.45) is 0 Å². The third-order valence-corrected chi connectivity index (χ3v) is 4.15. The molecule has 1 N–H and O–H groups in total. The standard InChI is InChI=1S/C10H17NO3S/c1-3-14-9(13)8(12)11-7-10(15-2)5-4-6-10/h3-7H2,1-2H3,(H,11,12). The number of ether oxygens (including phenoxy) is 1. The maximum atomic E-state index is 11.2. The predicted molar refractivity (Wildman–Crippen MR) is 59.7 cm³/mol. The van der Waals surface area contributed by atoms with Crippen LogP contribution in [-0.4, -0.2) is 36.0 Å². The van der Waals surface area contributed by atoms with Crippen molar-refractivity contribution >= 4 is 23.6 Å². The van der Waals surface area contributed by atoms with Gasteiger partial charge in [0.25, 0.3) is 0 Å². The molecule has 0 aromatic carbocycles. The minimum absolute atomic E-state index is 0.155. The Morgan fingerprint density at radius 2 is 2.13 bits per heavy atom. The Balaban J connectivity index is 2.30. The van der Waals surface area contributed by atoms with E-state index in [1.165, 1.54) is 6.42 Å². The molecule has 0 radical (unpaired) electrons. The van der Waals surface area contributed by atoms with E-state index >= 15 is 0 Å². The fourth-order valence-electron chi connectivity index (χ4n) is 1.53. The summed E-state index contributed by atoms with van der Waals surface area (Å²) < 4.78 is 4.75. The maximum absolute atomic E-state index is 11.2. The fraction of sp³-hybridized carbons (Fsp3) is 0.800. The lowest BCUT2D eigenvalue weighted by atomic mass is 9.84. The average molecular weight is 231 g/mol. The SMILES string of the molecule is CCOC(=O)C(=O)NCC1(SC)CCC1. The second-order valence-corrected chi connectivity index (χ2v) is 4.92. The fourth-order valence-corrected chi connectivity index (χ4v) is 2.45. The van der Waals surface area contributed by atoms with Crippen molar-refractivity contribution in [1.29, 1.82) is 0 Å². The lowest BCUT2D eigenvalue weighted by Crippen LogP contribution is -2.47. The molecule has 1 saturated carbocycles. The lowest BCUT2D eigenvalue weighted by molar-refractivity contribution is -0.154. The monoisotopic (exact) mass is 231 g/mol. The van der Waals surface area contributed by atoms with Crippen molar-refractivity contribution in [2.45, 2.75) is 30.9 Å². The van der Waals surface area contributed by atoms with Crippen molar-refractivity contribution in [1.82, 2.24) is 5.32 Å². The van der Waals surface area contributed by atoms with Crippen molar-refractivity contribution < 1.29 is 14.3 Å². The summed E-state index contributed by atoms with van der Waals surface area (Å²) in [6, 6.07) is 0. The maximum Gasteiger partial charge on any atom is 0.396 e. The highest BCUT2D eigenvalue weighted by molar-refractivity contribution is 8.00. The molecule has 1 fully saturated rings. The molecule has 4 nitrogen and oxygen atoms in total. The van der Waals surface area contributed by atoms with E-state index in [0.29, 0.717) is 6.54 Å². The summed E-state index contributed by atoms with van der Waals surface area (Å²) in [6.45, 7) is 2.48. The molecule has 1 aliphatic carbocycles. The van der Waals surface area contributed by atoms with Crippen LogP contribution in [0.5, 0.6) is 0 Å². The number of esters is 1. The van der Waals surface area contributed by atoms with Crippen LogP contribution in [0.25, 0.3) is 0 Å². The van der Waals surface area contributed by atoms with Crippen LogP contribution in [-0.2, 0) is 14.3 Å². The van der Waals surface area contributed by atoms with Gasteiger partial charge in [-0.3, -0.25) is 4.79 Å². The van der Waals surface area contributed by atoms with Gasteiger partial charge in [-0.25, -0.2) is 4.79 Å². The molecule has 5 heteroatoms. The van der Waals surface area contributed by atoms with E-state index in [2.05, 4.69) is 10.1 Å². The van der Waals surface area contributed by atoms with Gasteiger partial charge in [0.2, 0.25) is 0 Å². The molecule has 1 rings (SSSR count). The molecule has 0 aromatic heterocycles. The number of thioether (sulfide) groups is 1. The van der Waals surface area contributed by atoms with E-state index in [0.717, 1.165) is 12.8 Å². The van der Waals surface area contributed by atoms with Crippen molar-refractivity contribution in [3.05, 3.63) is 0 Å². The first kappa shape index (κ1) is 12.4. The summed E-state index contributed by atoms with van der Waals surface area (Å²) in [5.41, 5.74) is 0. The first-order chi connectivity index (χ1) is 7.13. The molecule has 86 valence electrons. The molecular weight excluding hydrogens is 214 g/mol. The van der Waals surface area contributed by atoms with Gasteiger partial charge in [0, 0.05) is 11.3 Å². The van der Waals surface area contributed by atoms with E-state index in [4.69, 9.17) is 0 Å². The molecule has 15 heavy (non-hydrogen) atoms. The Labute approximate surface area is 94.1 Å². The first-order valence-corrected chi connectivity index (χ1v) is 6.36. The topological polar surface area (TPSA) is 55.4 Å². The summed E-state index contributed by atoms with van der Waals surface area (Å²) in [6.07, 6.45) is 5.46.